The maximum absolute atomic E-state index is 2.53. The molecular formula is C22H38N2. The molecular weight excluding hydrogens is 292 g/mol. The first-order valence-corrected chi connectivity index (χ1v) is 9.92. The fraction of sp³-hybridized carbons (Fsp3) is 0.727. The third-order valence-electron chi connectivity index (χ3n) is 6.37. The van der Waals surface area contributed by atoms with Crippen LogP contribution in [-0.4, -0.2) is 43.5 Å². The van der Waals surface area contributed by atoms with Gasteiger partial charge < -0.3 is 4.90 Å². The quantitative estimate of drug-likeness (QED) is 0.695. The van der Waals surface area contributed by atoms with E-state index in [1.165, 1.54) is 56.1 Å². The van der Waals surface area contributed by atoms with Gasteiger partial charge in [0.25, 0.3) is 0 Å². The van der Waals surface area contributed by atoms with Gasteiger partial charge >= 0.3 is 0 Å². The van der Waals surface area contributed by atoms with Crippen LogP contribution in [0.25, 0.3) is 0 Å². The lowest BCUT2D eigenvalue weighted by Crippen LogP contribution is -2.48. The van der Waals surface area contributed by atoms with E-state index in [0.29, 0.717) is 0 Å². The molecule has 0 atom stereocenters. The first-order valence-electron chi connectivity index (χ1n) is 9.92. The molecule has 1 aliphatic carbocycles. The minimum absolute atomic E-state index is 0.221. The van der Waals surface area contributed by atoms with Crippen LogP contribution in [0.15, 0.2) is 18.2 Å². The summed E-state index contributed by atoms with van der Waals surface area (Å²) in [5.74, 6) is 0. The molecule has 136 valence electrons. The van der Waals surface area contributed by atoms with Crippen molar-refractivity contribution in [1.29, 1.82) is 0 Å². The van der Waals surface area contributed by atoms with Gasteiger partial charge in [0.1, 0.15) is 0 Å². The Morgan fingerprint density at radius 2 is 1.75 bits per heavy atom. The lowest BCUT2D eigenvalue weighted by Gasteiger charge is -2.47. The molecule has 2 nitrogen and oxygen atoms in total. The van der Waals surface area contributed by atoms with Crippen molar-refractivity contribution in [2.24, 2.45) is 0 Å². The molecule has 0 N–H and O–H groups in total. The predicted molar refractivity (Wildman–Crippen MR) is 106 cm³/mol. The highest BCUT2D eigenvalue weighted by Crippen LogP contribution is 2.43. The minimum atomic E-state index is 0.221. The molecule has 1 aromatic carbocycles. The molecule has 1 saturated carbocycles. The Morgan fingerprint density at radius 3 is 2.25 bits per heavy atom. The van der Waals surface area contributed by atoms with E-state index in [1.807, 2.05) is 0 Å². The van der Waals surface area contributed by atoms with Crippen molar-refractivity contribution in [3.8, 4) is 0 Å². The maximum atomic E-state index is 2.53. The number of rotatable bonds is 7. The third-order valence-corrected chi connectivity index (χ3v) is 6.37. The number of unbranched alkanes of at least 4 members (excludes halogenated alkanes) is 1. The molecule has 1 fully saturated rings. The highest BCUT2D eigenvalue weighted by atomic mass is 15.2. The summed E-state index contributed by atoms with van der Waals surface area (Å²) in [7, 11) is 6.82. The normalized spacial score (nSPS) is 24.8. The molecule has 0 spiro atoms. The van der Waals surface area contributed by atoms with E-state index in [4.69, 9.17) is 0 Å². The van der Waals surface area contributed by atoms with Gasteiger partial charge in [-0.1, -0.05) is 38.5 Å². The second-order valence-electron chi connectivity index (χ2n) is 7.98. The average Bonchev–Trinajstić information content (AvgIpc) is 2.59. The van der Waals surface area contributed by atoms with Gasteiger partial charge in [-0.2, -0.15) is 0 Å². The average molecular weight is 331 g/mol. The summed E-state index contributed by atoms with van der Waals surface area (Å²) in [5.41, 5.74) is 4.77. The van der Waals surface area contributed by atoms with E-state index in [0.717, 1.165) is 12.6 Å². The number of hydrogen-bond acceptors (Lipinski definition) is 2. The Bertz CT molecular complexity index is 513. The number of hydrogen-bond donors (Lipinski definition) is 0. The van der Waals surface area contributed by atoms with Crippen molar-refractivity contribution in [3.63, 3.8) is 0 Å². The topological polar surface area (TPSA) is 6.48 Å². The van der Waals surface area contributed by atoms with Crippen molar-refractivity contribution in [2.75, 3.05) is 27.7 Å². The Kier molecular flexibility index (Phi) is 6.88. The Hall–Kier alpha value is -0.860. The monoisotopic (exact) mass is 330 g/mol. The van der Waals surface area contributed by atoms with E-state index < -0.39 is 0 Å². The molecule has 2 rings (SSSR count). The van der Waals surface area contributed by atoms with Gasteiger partial charge in [-0.3, -0.25) is 4.90 Å². The van der Waals surface area contributed by atoms with Gasteiger partial charge in [-0.15, -0.1) is 0 Å². The van der Waals surface area contributed by atoms with Crippen molar-refractivity contribution >= 4 is 0 Å². The van der Waals surface area contributed by atoms with Crippen LogP contribution in [0.3, 0.4) is 0 Å². The van der Waals surface area contributed by atoms with Crippen LogP contribution in [0.2, 0.25) is 0 Å². The van der Waals surface area contributed by atoms with Crippen LogP contribution in [0, 0.1) is 6.92 Å². The van der Waals surface area contributed by atoms with Gasteiger partial charge in [-0.05, 0) is 89.8 Å². The Morgan fingerprint density at radius 1 is 1.08 bits per heavy atom. The summed E-state index contributed by atoms with van der Waals surface area (Å²) in [6.07, 6.45) is 8.93. The molecule has 1 aliphatic rings. The largest absolute Gasteiger partial charge is 0.304 e. The zero-order valence-corrected chi connectivity index (χ0v) is 16.9. The fourth-order valence-corrected chi connectivity index (χ4v) is 4.52. The summed E-state index contributed by atoms with van der Waals surface area (Å²) in [4.78, 5) is 5.02. The van der Waals surface area contributed by atoms with Gasteiger partial charge in [-0.25, -0.2) is 0 Å². The van der Waals surface area contributed by atoms with Crippen molar-refractivity contribution in [1.82, 2.24) is 9.80 Å². The van der Waals surface area contributed by atoms with Crippen LogP contribution in [0.1, 0.15) is 69.1 Å². The summed E-state index contributed by atoms with van der Waals surface area (Å²) in [6, 6.07) is 8.02. The highest BCUT2D eigenvalue weighted by molar-refractivity contribution is 5.37. The van der Waals surface area contributed by atoms with Crippen LogP contribution in [0.4, 0.5) is 0 Å². The molecule has 0 amide bonds. The zero-order chi connectivity index (χ0) is 17.7. The van der Waals surface area contributed by atoms with E-state index in [2.05, 4.69) is 69.9 Å². The maximum Gasteiger partial charge on any atom is 0.0458 e. The summed E-state index contributed by atoms with van der Waals surface area (Å²) >= 11 is 0. The van der Waals surface area contributed by atoms with Crippen LogP contribution >= 0.6 is 0 Å². The van der Waals surface area contributed by atoms with Crippen molar-refractivity contribution in [3.05, 3.63) is 34.9 Å². The highest BCUT2D eigenvalue weighted by Gasteiger charge is 2.40. The van der Waals surface area contributed by atoms with Crippen molar-refractivity contribution in [2.45, 2.75) is 77.3 Å². The van der Waals surface area contributed by atoms with Crippen LogP contribution in [0.5, 0.6) is 0 Å². The molecule has 1 aromatic rings. The Balaban J connectivity index is 2.22. The van der Waals surface area contributed by atoms with Crippen LogP contribution in [-0.2, 0) is 12.0 Å². The Labute approximate surface area is 150 Å². The first-order chi connectivity index (χ1) is 11.4. The molecule has 0 heterocycles. The number of aryl methyl sites for hydroxylation is 2. The third kappa shape index (κ3) is 4.03. The van der Waals surface area contributed by atoms with E-state index in [1.54, 1.807) is 5.56 Å². The van der Waals surface area contributed by atoms with Gasteiger partial charge in [0.05, 0.1) is 0 Å². The molecule has 0 saturated heterocycles. The molecule has 0 radical (unpaired) electrons. The SMILES string of the molecule is CCCCc1ccc(C2(N(C)C)CCC(N(C)CC)CC2)c(C)c1. The molecule has 24 heavy (non-hydrogen) atoms. The fourth-order valence-electron chi connectivity index (χ4n) is 4.52. The molecule has 2 heteroatoms. The van der Waals surface area contributed by atoms with E-state index in [-0.39, 0.29) is 5.54 Å². The molecule has 0 unspecified atom stereocenters. The zero-order valence-electron chi connectivity index (χ0n) is 16.9. The molecule has 0 aliphatic heterocycles. The first kappa shape index (κ1) is 19.5. The standard InChI is InChI=1S/C22H38N2/c1-7-9-10-19-11-12-21(18(3)17-19)22(23(4)5)15-13-20(14-16-22)24(6)8-2/h11-12,17,20H,7-10,13-16H2,1-6H3. The van der Waals surface area contributed by atoms with Crippen molar-refractivity contribution < 1.29 is 0 Å². The summed E-state index contributed by atoms with van der Waals surface area (Å²) in [6.45, 7) is 8.02. The second-order valence-corrected chi connectivity index (χ2v) is 7.98. The van der Waals surface area contributed by atoms with Gasteiger partial charge in [0, 0.05) is 11.6 Å². The number of nitrogens with zero attached hydrogens (tertiary/aromatic N) is 2. The molecule has 0 aromatic heterocycles. The van der Waals surface area contributed by atoms with Gasteiger partial charge in [0.2, 0.25) is 0 Å². The van der Waals surface area contributed by atoms with Crippen LogP contribution < -0.4 is 0 Å². The summed E-state index contributed by atoms with van der Waals surface area (Å²) < 4.78 is 0. The van der Waals surface area contributed by atoms with E-state index in [9.17, 15) is 0 Å². The van der Waals surface area contributed by atoms with Gasteiger partial charge in [0.15, 0.2) is 0 Å². The summed E-state index contributed by atoms with van der Waals surface area (Å²) in [5, 5.41) is 0. The smallest absolute Gasteiger partial charge is 0.0458 e. The predicted octanol–water partition coefficient (Wildman–Crippen LogP) is 4.99. The lowest BCUT2D eigenvalue weighted by atomic mass is 9.72. The lowest BCUT2D eigenvalue weighted by molar-refractivity contribution is 0.0583. The second kappa shape index (κ2) is 8.49. The van der Waals surface area contributed by atoms with E-state index >= 15 is 0 Å². The number of benzene rings is 1. The molecule has 0 bridgehead atoms. The minimum Gasteiger partial charge on any atom is -0.304 e.